The van der Waals surface area contributed by atoms with Crippen molar-refractivity contribution in [3.8, 4) is 5.75 Å². The van der Waals surface area contributed by atoms with Gasteiger partial charge in [-0.15, -0.1) is 6.58 Å². The molecule has 0 fully saturated rings. The van der Waals surface area contributed by atoms with Gasteiger partial charge in [0, 0.05) is 5.70 Å². The van der Waals surface area contributed by atoms with Gasteiger partial charge in [-0.05, 0) is 36.3 Å². The highest BCUT2D eigenvalue weighted by Crippen LogP contribution is 2.23. The van der Waals surface area contributed by atoms with Crippen LogP contribution in [-0.4, -0.2) is 17.0 Å². The van der Waals surface area contributed by atoms with Crippen molar-refractivity contribution in [2.24, 2.45) is 0 Å². The molecule has 0 spiro atoms. The van der Waals surface area contributed by atoms with Crippen LogP contribution in [0.4, 0.5) is 4.79 Å². The van der Waals surface area contributed by atoms with Gasteiger partial charge in [0.25, 0.3) is 0 Å². The van der Waals surface area contributed by atoms with Gasteiger partial charge in [-0.2, -0.15) is 0 Å². The van der Waals surface area contributed by atoms with E-state index in [0.717, 1.165) is 11.3 Å². The van der Waals surface area contributed by atoms with Crippen molar-refractivity contribution in [3.05, 3.63) is 109 Å². The van der Waals surface area contributed by atoms with Crippen molar-refractivity contribution in [1.82, 2.24) is 4.90 Å². The lowest BCUT2D eigenvalue weighted by atomic mass is 10.1. The first-order valence-electron chi connectivity index (χ1n) is 8.56. The van der Waals surface area contributed by atoms with Crippen molar-refractivity contribution in [2.75, 3.05) is 0 Å². The van der Waals surface area contributed by atoms with Gasteiger partial charge in [-0.25, -0.2) is 4.79 Å². The molecule has 0 saturated heterocycles. The molecule has 0 aliphatic carbocycles. The zero-order chi connectivity index (χ0) is 18.2. The van der Waals surface area contributed by atoms with Gasteiger partial charge in [0.2, 0.25) is 0 Å². The van der Waals surface area contributed by atoms with Crippen LogP contribution in [0.5, 0.6) is 5.75 Å². The van der Waals surface area contributed by atoms with Gasteiger partial charge in [0.1, 0.15) is 5.75 Å². The summed E-state index contributed by atoms with van der Waals surface area (Å²) < 4.78 is 5.56. The Bertz CT molecular complexity index is 835. The zero-order valence-corrected chi connectivity index (χ0v) is 14.5. The smallest absolute Gasteiger partial charge is 0.410 e. The fraction of sp³-hybridized carbons (Fsp3) is 0.0870. The fourth-order valence-electron chi connectivity index (χ4n) is 2.76. The molecule has 1 heterocycles. The average molecular weight is 343 g/mol. The van der Waals surface area contributed by atoms with Crippen LogP contribution < -0.4 is 4.74 Å². The summed E-state index contributed by atoms with van der Waals surface area (Å²) in [5.41, 5.74) is 1.85. The number of para-hydroxylation sites is 1. The molecule has 0 bridgehead atoms. The zero-order valence-electron chi connectivity index (χ0n) is 14.5. The number of carbonyl (C=O) groups is 1. The lowest BCUT2D eigenvalue weighted by Gasteiger charge is -2.31. The van der Waals surface area contributed by atoms with E-state index in [-0.39, 0.29) is 6.04 Å². The van der Waals surface area contributed by atoms with Crippen LogP contribution in [-0.2, 0) is 0 Å². The number of rotatable bonds is 5. The van der Waals surface area contributed by atoms with Crippen molar-refractivity contribution in [3.63, 3.8) is 0 Å². The van der Waals surface area contributed by atoms with E-state index < -0.39 is 6.09 Å². The first-order chi connectivity index (χ1) is 12.8. The summed E-state index contributed by atoms with van der Waals surface area (Å²) in [6.45, 7) is 3.80. The van der Waals surface area contributed by atoms with E-state index in [0.29, 0.717) is 12.2 Å². The molecule has 0 radical (unpaired) electrons. The van der Waals surface area contributed by atoms with E-state index in [2.05, 4.69) is 6.58 Å². The highest BCUT2D eigenvalue weighted by molar-refractivity contribution is 5.75. The monoisotopic (exact) mass is 343 g/mol. The summed E-state index contributed by atoms with van der Waals surface area (Å²) in [6, 6.07) is 19.0. The minimum atomic E-state index is -0.406. The predicted octanol–water partition coefficient (Wildman–Crippen LogP) is 5.60. The maximum atomic E-state index is 12.8. The molecule has 3 heteroatoms. The van der Waals surface area contributed by atoms with Gasteiger partial charge < -0.3 is 4.74 Å². The fourth-order valence-corrected chi connectivity index (χ4v) is 2.76. The molecule has 2 aromatic carbocycles. The number of allylic oxidation sites excluding steroid dienone is 3. The van der Waals surface area contributed by atoms with Crippen molar-refractivity contribution in [1.29, 1.82) is 0 Å². The average Bonchev–Trinajstić information content (AvgIpc) is 2.68. The third-order valence-corrected chi connectivity index (χ3v) is 4.01. The predicted molar refractivity (Wildman–Crippen MR) is 106 cm³/mol. The minimum Gasteiger partial charge on any atom is -0.410 e. The molecule has 1 atom stereocenters. The Labute approximate surface area is 154 Å². The molecule has 26 heavy (non-hydrogen) atoms. The molecule has 0 saturated carbocycles. The standard InChI is InChI=1S/C23H21NO2/c1-2-10-20-13-9-14-21(18-17-19-11-5-3-6-12-19)24(20)23(25)26-22-15-7-4-8-16-22/h2-9,11-18,20H,1,10H2/b18-17+. The lowest BCUT2D eigenvalue weighted by molar-refractivity contribution is 0.158. The van der Waals surface area contributed by atoms with Crippen LogP contribution in [0.1, 0.15) is 12.0 Å². The van der Waals surface area contributed by atoms with Crippen LogP contribution in [0.3, 0.4) is 0 Å². The SMILES string of the molecule is C=CCC1C=CC=C(/C=C/c2ccccc2)N1C(=O)Oc1ccccc1. The highest BCUT2D eigenvalue weighted by Gasteiger charge is 2.27. The molecule has 1 aliphatic rings. The minimum absolute atomic E-state index is 0.121. The van der Waals surface area contributed by atoms with Crippen LogP contribution in [0.25, 0.3) is 6.08 Å². The van der Waals surface area contributed by atoms with Crippen LogP contribution in [0, 0.1) is 0 Å². The molecule has 0 N–H and O–H groups in total. The van der Waals surface area contributed by atoms with E-state index in [1.807, 2.05) is 85.0 Å². The van der Waals surface area contributed by atoms with Crippen LogP contribution in [0.2, 0.25) is 0 Å². The topological polar surface area (TPSA) is 29.5 Å². The molecule has 1 amide bonds. The maximum absolute atomic E-state index is 12.8. The van der Waals surface area contributed by atoms with E-state index in [1.165, 1.54) is 0 Å². The van der Waals surface area contributed by atoms with Crippen molar-refractivity contribution < 1.29 is 9.53 Å². The summed E-state index contributed by atoms with van der Waals surface area (Å²) in [5.74, 6) is 0.524. The summed E-state index contributed by atoms with van der Waals surface area (Å²) in [5, 5.41) is 0. The number of benzene rings is 2. The number of carbonyl (C=O) groups excluding carboxylic acids is 1. The third kappa shape index (κ3) is 4.39. The number of nitrogens with zero attached hydrogens (tertiary/aromatic N) is 1. The Morgan fingerprint density at radius 1 is 1.04 bits per heavy atom. The summed E-state index contributed by atoms with van der Waals surface area (Å²) in [7, 11) is 0. The Kier molecular flexibility index (Phi) is 5.84. The number of ether oxygens (including phenoxy) is 1. The van der Waals surface area contributed by atoms with Crippen molar-refractivity contribution in [2.45, 2.75) is 12.5 Å². The first-order valence-corrected chi connectivity index (χ1v) is 8.56. The van der Waals surface area contributed by atoms with Gasteiger partial charge in [0.05, 0.1) is 6.04 Å². The highest BCUT2D eigenvalue weighted by atomic mass is 16.6. The summed E-state index contributed by atoms with van der Waals surface area (Å²) >= 11 is 0. The number of hydrogen-bond donors (Lipinski definition) is 0. The third-order valence-electron chi connectivity index (χ3n) is 4.01. The second-order valence-corrected chi connectivity index (χ2v) is 5.86. The molecular formula is C23H21NO2. The van der Waals surface area contributed by atoms with Gasteiger partial charge in [0.15, 0.2) is 0 Å². The molecule has 1 unspecified atom stereocenters. The maximum Gasteiger partial charge on any atom is 0.420 e. The normalized spacial score (nSPS) is 16.4. The second-order valence-electron chi connectivity index (χ2n) is 5.86. The second kappa shape index (κ2) is 8.67. The molecule has 0 aromatic heterocycles. The lowest BCUT2D eigenvalue weighted by Crippen LogP contribution is -2.40. The van der Waals surface area contributed by atoms with E-state index >= 15 is 0 Å². The van der Waals surface area contributed by atoms with Gasteiger partial charge in [-0.1, -0.05) is 72.8 Å². The number of amides is 1. The van der Waals surface area contributed by atoms with Crippen LogP contribution >= 0.6 is 0 Å². The molecule has 3 rings (SSSR count). The molecule has 1 aliphatic heterocycles. The Morgan fingerprint density at radius 2 is 1.73 bits per heavy atom. The van der Waals surface area contributed by atoms with Gasteiger partial charge >= 0.3 is 6.09 Å². The first kappa shape index (κ1) is 17.5. The summed E-state index contributed by atoms with van der Waals surface area (Å²) in [4.78, 5) is 14.5. The van der Waals surface area contributed by atoms with E-state index in [9.17, 15) is 4.79 Å². The van der Waals surface area contributed by atoms with Crippen molar-refractivity contribution >= 4 is 12.2 Å². The van der Waals surface area contributed by atoms with E-state index in [1.54, 1.807) is 17.0 Å². The van der Waals surface area contributed by atoms with E-state index in [4.69, 9.17) is 4.74 Å². The quantitative estimate of drug-likeness (QED) is 0.661. The Hall–Kier alpha value is -3.33. The Balaban J connectivity index is 1.84. The Morgan fingerprint density at radius 3 is 2.42 bits per heavy atom. The number of hydrogen-bond acceptors (Lipinski definition) is 2. The summed E-state index contributed by atoms with van der Waals surface area (Å²) in [6.07, 6.45) is 11.8. The van der Waals surface area contributed by atoms with Crippen LogP contribution in [0.15, 0.2) is 103 Å². The largest absolute Gasteiger partial charge is 0.420 e. The molecule has 3 nitrogen and oxygen atoms in total. The molecule has 2 aromatic rings. The molecular weight excluding hydrogens is 322 g/mol. The molecule has 130 valence electrons. The van der Waals surface area contributed by atoms with Gasteiger partial charge in [-0.3, -0.25) is 4.90 Å².